The lowest BCUT2D eigenvalue weighted by Gasteiger charge is -2.20. The van der Waals surface area contributed by atoms with Crippen LogP contribution in [0.5, 0.6) is 0 Å². The van der Waals surface area contributed by atoms with Gasteiger partial charge in [-0.2, -0.15) is 5.10 Å². The molecule has 1 aromatic rings. The molecule has 4 heteroatoms. The fourth-order valence-corrected chi connectivity index (χ4v) is 4.12. The first-order valence-electron chi connectivity index (χ1n) is 8.10. The SMILES string of the molecule is CCc1nn(CC)c(CC(CC2CCCC2)NC)c1Br. The van der Waals surface area contributed by atoms with E-state index in [0.29, 0.717) is 6.04 Å². The summed E-state index contributed by atoms with van der Waals surface area (Å²) in [7, 11) is 2.10. The minimum absolute atomic E-state index is 0.570. The van der Waals surface area contributed by atoms with E-state index in [2.05, 4.69) is 46.8 Å². The number of aryl methyl sites for hydroxylation is 2. The Hall–Kier alpha value is -0.350. The smallest absolute Gasteiger partial charge is 0.0766 e. The Balaban J connectivity index is 2.07. The van der Waals surface area contributed by atoms with Crippen molar-refractivity contribution < 1.29 is 0 Å². The minimum Gasteiger partial charge on any atom is -0.317 e. The number of hydrogen-bond acceptors (Lipinski definition) is 2. The zero-order valence-electron chi connectivity index (χ0n) is 13.1. The fourth-order valence-electron chi connectivity index (χ4n) is 3.40. The standard InChI is InChI=1S/C16H28BrN3/c1-4-14-16(17)15(20(5-2)19-14)11-13(18-3)10-12-8-6-7-9-12/h12-13,18H,4-11H2,1-3H3. The molecule has 0 radical (unpaired) electrons. The van der Waals surface area contributed by atoms with Gasteiger partial charge in [0.25, 0.3) is 0 Å². The maximum Gasteiger partial charge on any atom is 0.0766 e. The second-order valence-corrected chi connectivity index (χ2v) is 6.75. The first kappa shape index (κ1) is 16.0. The molecule has 1 fully saturated rings. The molecule has 0 aromatic carbocycles. The topological polar surface area (TPSA) is 29.9 Å². The molecule has 1 aromatic heterocycles. The van der Waals surface area contributed by atoms with Gasteiger partial charge in [-0.1, -0.05) is 32.6 Å². The summed E-state index contributed by atoms with van der Waals surface area (Å²) in [6.45, 7) is 5.30. The molecule has 0 spiro atoms. The molecule has 1 aliphatic rings. The maximum absolute atomic E-state index is 4.71. The molecule has 1 saturated carbocycles. The van der Waals surface area contributed by atoms with E-state index in [4.69, 9.17) is 5.10 Å². The van der Waals surface area contributed by atoms with Gasteiger partial charge in [0, 0.05) is 19.0 Å². The summed E-state index contributed by atoms with van der Waals surface area (Å²) in [5.74, 6) is 0.926. The minimum atomic E-state index is 0.570. The zero-order valence-corrected chi connectivity index (χ0v) is 14.7. The molecule has 2 rings (SSSR count). The first-order chi connectivity index (χ1) is 9.69. The van der Waals surface area contributed by atoms with E-state index >= 15 is 0 Å². The third-order valence-corrected chi connectivity index (χ3v) is 5.55. The summed E-state index contributed by atoms with van der Waals surface area (Å²) in [4.78, 5) is 0. The second-order valence-electron chi connectivity index (χ2n) is 5.95. The number of rotatable bonds is 7. The van der Waals surface area contributed by atoms with Gasteiger partial charge < -0.3 is 5.32 Å². The van der Waals surface area contributed by atoms with Crippen molar-refractivity contribution in [2.24, 2.45) is 5.92 Å². The maximum atomic E-state index is 4.71. The number of halogens is 1. The van der Waals surface area contributed by atoms with Crippen LogP contribution in [-0.4, -0.2) is 22.9 Å². The van der Waals surface area contributed by atoms with Crippen LogP contribution >= 0.6 is 15.9 Å². The molecule has 1 heterocycles. The number of likely N-dealkylation sites (N-methyl/N-ethyl adjacent to an activating group) is 1. The lowest BCUT2D eigenvalue weighted by atomic mass is 9.95. The lowest BCUT2D eigenvalue weighted by Crippen LogP contribution is -2.30. The average Bonchev–Trinajstić information content (AvgIpc) is 3.07. The van der Waals surface area contributed by atoms with E-state index < -0.39 is 0 Å². The van der Waals surface area contributed by atoms with Gasteiger partial charge in [0.05, 0.1) is 15.9 Å². The summed E-state index contributed by atoms with van der Waals surface area (Å²) >= 11 is 3.76. The Bertz CT molecular complexity index is 422. The van der Waals surface area contributed by atoms with Crippen LogP contribution in [0, 0.1) is 5.92 Å². The summed E-state index contributed by atoms with van der Waals surface area (Å²) in [6.07, 6.45) is 9.08. The van der Waals surface area contributed by atoms with Crippen molar-refractivity contribution in [1.29, 1.82) is 0 Å². The molecule has 1 aliphatic carbocycles. The molecule has 114 valence electrons. The Morgan fingerprint density at radius 2 is 2.05 bits per heavy atom. The van der Waals surface area contributed by atoms with E-state index in [-0.39, 0.29) is 0 Å². The zero-order chi connectivity index (χ0) is 14.5. The van der Waals surface area contributed by atoms with E-state index in [1.807, 2.05) is 0 Å². The molecule has 3 nitrogen and oxygen atoms in total. The highest BCUT2D eigenvalue weighted by Gasteiger charge is 2.22. The van der Waals surface area contributed by atoms with Crippen LogP contribution in [0.2, 0.25) is 0 Å². The van der Waals surface area contributed by atoms with E-state index in [1.54, 1.807) is 0 Å². The van der Waals surface area contributed by atoms with Crippen LogP contribution in [-0.2, 0) is 19.4 Å². The van der Waals surface area contributed by atoms with Gasteiger partial charge in [-0.05, 0) is 48.7 Å². The van der Waals surface area contributed by atoms with Crippen molar-refractivity contribution in [2.75, 3.05) is 7.05 Å². The molecule has 1 atom stereocenters. The van der Waals surface area contributed by atoms with Gasteiger partial charge in [0.15, 0.2) is 0 Å². The third-order valence-electron chi connectivity index (χ3n) is 4.63. The molecule has 1 unspecified atom stereocenters. The van der Waals surface area contributed by atoms with Crippen molar-refractivity contribution in [3.63, 3.8) is 0 Å². The van der Waals surface area contributed by atoms with Crippen LogP contribution in [0.25, 0.3) is 0 Å². The van der Waals surface area contributed by atoms with E-state index in [1.165, 1.54) is 48.0 Å². The van der Waals surface area contributed by atoms with Gasteiger partial charge in [-0.25, -0.2) is 0 Å². The molecule has 0 amide bonds. The fraction of sp³-hybridized carbons (Fsp3) is 0.812. The Morgan fingerprint density at radius 3 is 2.60 bits per heavy atom. The summed E-state index contributed by atoms with van der Waals surface area (Å²) in [5.41, 5.74) is 2.55. The number of nitrogens with zero attached hydrogens (tertiary/aromatic N) is 2. The lowest BCUT2D eigenvalue weighted by molar-refractivity contribution is 0.395. The molecular weight excluding hydrogens is 314 g/mol. The van der Waals surface area contributed by atoms with Crippen LogP contribution in [0.4, 0.5) is 0 Å². The first-order valence-corrected chi connectivity index (χ1v) is 8.90. The number of nitrogens with one attached hydrogen (secondary N) is 1. The normalized spacial score (nSPS) is 17.8. The predicted octanol–water partition coefficient (Wildman–Crippen LogP) is 3.94. The summed E-state index contributed by atoms with van der Waals surface area (Å²) in [5, 5.41) is 8.23. The van der Waals surface area contributed by atoms with Gasteiger partial charge >= 0.3 is 0 Å². The predicted molar refractivity (Wildman–Crippen MR) is 88.1 cm³/mol. The number of aromatic nitrogens is 2. The van der Waals surface area contributed by atoms with Gasteiger partial charge in [-0.15, -0.1) is 0 Å². The largest absolute Gasteiger partial charge is 0.317 e. The van der Waals surface area contributed by atoms with Crippen molar-refractivity contribution >= 4 is 15.9 Å². The van der Waals surface area contributed by atoms with Crippen LogP contribution in [0.15, 0.2) is 4.47 Å². The molecule has 0 aliphatic heterocycles. The van der Waals surface area contributed by atoms with Crippen molar-refractivity contribution in [3.05, 3.63) is 15.9 Å². The Morgan fingerprint density at radius 1 is 1.35 bits per heavy atom. The Kier molecular flexibility index (Phi) is 6.09. The molecule has 0 saturated heterocycles. The van der Waals surface area contributed by atoms with Gasteiger partial charge in [-0.3, -0.25) is 4.68 Å². The Labute approximate surface area is 131 Å². The molecular formula is C16H28BrN3. The van der Waals surface area contributed by atoms with Crippen LogP contribution < -0.4 is 5.32 Å². The van der Waals surface area contributed by atoms with Gasteiger partial charge in [0.2, 0.25) is 0 Å². The third kappa shape index (κ3) is 3.64. The summed E-state index contributed by atoms with van der Waals surface area (Å²) < 4.78 is 3.40. The van der Waals surface area contributed by atoms with Crippen LogP contribution in [0.1, 0.15) is 57.3 Å². The highest BCUT2D eigenvalue weighted by molar-refractivity contribution is 9.10. The van der Waals surface area contributed by atoms with Gasteiger partial charge in [0.1, 0.15) is 0 Å². The van der Waals surface area contributed by atoms with Crippen molar-refractivity contribution in [2.45, 2.75) is 71.4 Å². The van der Waals surface area contributed by atoms with E-state index in [9.17, 15) is 0 Å². The highest BCUT2D eigenvalue weighted by Crippen LogP contribution is 2.30. The average molecular weight is 342 g/mol. The molecule has 1 N–H and O–H groups in total. The monoisotopic (exact) mass is 341 g/mol. The molecule has 0 bridgehead atoms. The second kappa shape index (κ2) is 7.60. The van der Waals surface area contributed by atoms with E-state index in [0.717, 1.165) is 25.3 Å². The highest BCUT2D eigenvalue weighted by atomic mass is 79.9. The molecule has 20 heavy (non-hydrogen) atoms. The van der Waals surface area contributed by atoms with Crippen molar-refractivity contribution in [1.82, 2.24) is 15.1 Å². The van der Waals surface area contributed by atoms with Crippen LogP contribution in [0.3, 0.4) is 0 Å². The quantitative estimate of drug-likeness (QED) is 0.813. The summed E-state index contributed by atoms with van der Waals surface area (Å²) in [6, 6.07) is 0.570. The van der Waals surface area contributed by atoms with Crippen molar-refractivity contribution in [3.8, 4) is 0 Å². The number of hydrogen-bond donors (Lipinski definition) is 1.